The fourth-order valence-corrected chi connectivity index (χ4v) is 2.69. The van der Waals surface area contributed by atoms with E-state index in [2.05, 4.69) is 15.6 Å². The molecule has 112 valence electrons. The molecule has 0 fully saturated rings. The van der Waals surface area contributed by atoms with Crippen LogP contribution in [0.4, 0.5) is 5.82 Å². The van der Waals surface area contributed by atoms with E-state index in [-0.39, 0.29) is 5.91 Å². The second kappa shape index (κ2) is 5.31. The highest BCUT2D eigenvalue weighted by Crippen LogP contribution is 2.34. The highest BCUT2D eigenvalue weighted by Gasteiger charge is 2.20. The molecule has 0 aliphatic carbocycles. The first kappa shape index (κ1) is 13.1. The maximum Gasteiger partial charge on any atom is 0.225 e. The van der Waals surface area contributed by atoms with Gasteiger partial charge in [-0.15, -0.1) is 0 Å². The van der Waals surface area contributed by atoms with Gasteiger partial charge in [-0.3, -0.25) is 10.1 Å². The second-order valence-electron chi connectivity index (χ2n) is 5.27. The van der Waals surface area contributed by atoms with E-state index in [1.807, 2.05) is 24.3 Å². The van der Waals surface area contributed by atoms with E-state index in [1.165, 1.54) is 0 Å². The zero-order valence-electron chi connectivity index (χ0n) is 11.9. The van der Waals surface area contributed by atoms with E-state index < -0.39 is 0 Å². The normalized spacial score (nSPS) is 16.1. The summed E-state index contributed by atoms with van der Waals surface area (Å²) in [4.78, 5) is 15.6. The Hall–Kier alpha value is -2.60. The molecular weight excluding hydrogens is 282 g/mol. The number of rotatable bonds is 2. The third-order valence-electron chi connectivity index (χ3n) is 3.78. The van der Waals surface area contributed by atoms with E-state index in [9.17, 15) is 4.79 Å². The number of ether oxygens (including phenoxy) is 2. The fraction of sp³-hybridized carbons (Fsp3) is 0.250. The van der Waals surface area contributed by atoms with Crippen LogP contribution in [0.5, 0.6) is 17.2 Å². The summed E-state index contributed by atoms with van der Waals surface area (Å²) < 4.78 is 11.5. The third kappa shape index (κ3) is 2.37. The zero-order chi connectivity index (χ0) is 14.9. The molecule has 1 amide bonds. The van der Waals surface area contributed by atoms with E-state index in [4.69, 9.17) is 9.47 Å². The van der Waals surface area contributed by atoms with Crippen molar-refractivity contribution in [3.63, 3.8) is 0 Å². The maximum absolute atomic E-state index is 11.4. The van der Waals surface area contributed by atoms with Crippen LogP contribution in [0.25, 0.3) is 0 Å². The largest absolute Gasteiger partial charge is 0.478 e. The van der Waals surface area contributed by atoms with E-state index in [0.717, 1.165) is 34.9 Å². The van der Waals surface area contributed by atoms with E-state index in [0.29, 0.717) is 25.4 Å². The number of aromatic nitrogens is 1. The first-order valence-corrected chi connectivity index (χ1v) is 7.21. The van der Waals surface area contributed by atoms with Crippen molar-refractivity contribution in [2.45, 2.75) is 19.4 Å². The first-order chi connectivity index (χ1) is 10.8. The molecule has 0 saturated carbocycles. The molecule has 1 aromatic carbocycles. The standard InChI is InChI=1S/C16H15N3O3/c20-15-4-2-12-14(5-6-18-16(12)19-15)22-11-1-3-13-10(7-11)8-17-9-21-13/h1,3,5-7,17H,2,4,8-9H2,(H,18,19,20). The number of nitrogens with zero attached hydrogens (tertiary/aromatic N) is 1. The highest BCUT2D eigenvalue weighted by molar-refractivity contribution is 5.93. The molecule has 2 aliphatic heterocycles. The zero-order valence-corrected chi connectivity index (χ0v) is 11.9. The lowest BCUT2D eigenvalue weighted by Crippen LogP contribution is -2.25. The van der Waals surface area contributed by atoms with Gasteiger partial charge < -0.3 is 14.8 Å². The molecule has 0 bridgehead atoms. The van der Waals surface area contributed by atoms with Crippen LogP contribution < -0.4 is 20.1 Å². The monoisotopic (exact) mass is 297 g/mol. The predicted molar refractivity (Wildman–Crippen MR) is 80.0 cm³/mol. The lowest BCUT2D eigenvalue weighted by atomic mass is 10.1. The Morgan fingerprint density at radius 1 is 1.23 bits per heavy atom. The number of hydrogen-bond donors (Lipinski definition) is 2. The second-order valence-corrected chi connectivity index (χ2v) is 5.27. The molecular formula is C16H15N3O3. The molecule has 2 aliphatic rings. The smallest absolute Gasteiger partial charge is 0.225 e. The Labute approximate surface area is 127 Å². The van der Waals surface area contributed by atoms with Crippen molar-refractivity contribution in [3.8, 4) is 17.2 Å². The molecule has 1 aromatic heterocycles. The van der Waals surface area contributed by atoms with E-state index in [1.54, 1.807) is 6.20 Å². The number of carbonyl (C=O) groups is 1. The number of anilines is 1. The van der Waals surface area contributed by atoms with Crippen molar-refractivity contribution in [1.29, 1.82) is 0 Å². The summed E-state index contributed by atoms with van der Waals surface area (Å²) in [5.74, 6) is 2.95. The highest BCUT2D eigenvalue weighted by atomic mass is 16.5. The Balaban J connectivity index is 1.64. The van der Waals surface area contributed by atoms with Crippen molar-refractivity contribution in [3.05, 3.63) is 41.6 Å². The van der Waals surface area contributed by atoms with Crippen LogP contribution in [0.2, 0.25) is 0 Å². The molecule has 0 spiro atoms. The summed E-state index contributed by atoms with van der Waals surface area (Å²) in [5.41, 5.74) is 2.01. The maximum atomic E-state index is 11.4. The van der Waals surface area contributed by atoms with Crippen LogP contribution >= 0.6 is 0 Å². The summed E-state index contributed by atoms with van der Waals surface area (Å²) in [6, 6.07) is 7.60. The Morgan fingerprint density at radius 2 is 2.18 bits per heavy atom. The van der Waals surface area contributed by atoms with Crippen LogP contribution in [0.3, 0.4) is 0 Å². The first-order valence-electron chi connectivity index (χ1n) is 7.21. The molecule has 22 heavy (non-hydrogen) atoms. The minimum Gasteiger partial charge on any atom is -0.478 e. The van der Waals surface area contributed by atoms with Crippen LogP contribution in [-0.2, 0) is 17.8 Å². The van der Waals surface area contributed by atoms with Crippen molar-refractivity contribution in [2.24, 2.45) is 0 Å². The van der Waals surface area contributed by atoms with Crippen molar-refractivity contribution in [1.82, 2.24) is 10.3 Å². The average molecular weight is 297 g/mol. The van der Waals surface area contributed by atoms with Crippen molar-refractivity contribution in [2.75, 3.05) is 12.0 Å². The fourth-order valence-electron chi connectivity index (χ4n) is 2.69. The van der Waals surface area contributed by atoms with Gasteiger partial charge in [0.25, 0.3) is 0 Å². The van der Waals surface area contributed by atoms with Crippen molar-refractivity contribution >= 4 is 11.7 Å². The van der Waals surface area contributed by atoms with Gasteiger partial charge in [-0.1, -0.05) is 0 Å². The number of fused-ring (bicyclic) bond motifs is 2. The Kier molecular flexibility index (Phi) is 3.16. The molecule has 0 unspecified atom stereocenters. The van der Waals surface area contributed by atoms with Crippen LogP contribution in [0.15, 0.2) is 30.5 Å². The summed E-state index contributed by atoms with van der Waals surface area (Å²) in [7, 11) is 0. The Bertz CT molecular complexity index is 745. The van der Waals surface area contributed by atoms with Gasteiger partial charge in [-0.2, -0.15) is 0 Å². The summed E-state index contributed by atoms with van der Waals surface area (Å²) in [6.07, 6.45) is 2.74. The minimum atomic E-state index is -0.00541. The number of benzene rings is 1. The van der Waals surface area contributed by atoms with Gasteiger partial charge in [-0.05, 0) is 30.7 Å². The lowest BCUT2D eigenvalue weighted by molar-refractivity contribution is -0.116. The Morgan fingerprint density at radius 3 is 3.14 bits per heavy atom. The van der Waals surface area contributed by atoms with Gasteiger partial charge >= 0.3 is 0 Å². The summed E-state index contributed by atoms with van der Waals surface area (Å²) in [6.45, 7) is 1.29. The molecule has 0 atom stereocenters. The van der Waals surface area contributed by atoms with Crippen LogP contribution in [0, 0.1) is 0 Å². The number of hydrogen-bond acceptors (Lipinski definition) is 5. The van der Waals surface area contributed by atoms with Gasteiger partial charge in [0.05, 0.1) is 0 Å². The molecule has 0 radical (unpaired) electrons. The molecule has 6 heteroatoms. The minimum absolute atomic E-state index is 0.00541. The molecule has 4 rings (SSSR count). The average Bonchev–Trinajstić information content (AvgIpc) is 2.55. The number of pyridine rings is 1. The lowest BCUT2D eigenvalue weighted by Gasteiger charge is -2.21. The molecule has 0 saturated heterocycles. The number of amides is 1. The number of nitrogens with one attached hydrogen (secondary N) is 2. The quantitative estimate of drug-likeness (QED) is 0.889. The summed E-state index contributed by atoms with van der Waals surface area (Å²) >= 11 is 0. The van der Waals surface area contributed by atoms with Crippen molar-refractivity contribution < 1.29 is 14.3 Å². The predicted octanol–water partition coefficient (Wildman–Crippen LogP) is 2.20. The van der Waals surface area contributed by atoms with Gasteiger partial charge in [0.15, 0.2) is 0 Å². The van der Waals surface area contributed by atoms with Crippen LogP contribution in [-0.4, -0.2) is 17.6 Å². The molecule has 3 heterocycles. The number of carbonyl (C=O) groups excluding carboxylic acids is 1. The van der Waals surface area contributed by atoms with Gasteiger partial charge in [0, 0.05) is 30.3 Å². The van der Waals surface area contributed by atoms with E-state index >= 15 is 0 Å². The third-order valence-corrected chi connectivity index (χ3v) is 3.78. The SMILES string of the molecule is O=C1CCc2c(Oc3ccc4c(c3)CNCO4)ccnc2N1. The molecule has 6 nitrogen and oxygen atoms in total. The van der Waals surface area contributed by atoms with Gasteiger partial charge in [0.2, 0.25) is 5.91 Å². The summed E-state index contributed by atoms with van der Waals surface area (Å²) in [5, 5.41) is 5.93. The van der Waals surface area contributed by atoms with Crippen LogP contribution in [0.1, 0.15) is 17.5 Å². The molecule has 2 aromatic rings. The molecule has 2 N–H and O–H groups in total. The van der Waals surface area contributed by atoms with Gasteiger partial charge in [-0.25, -0.2) is 4.98 Å². The van der Waals surface area contributed by atoms with Gasteiger partial charge in [0.1, 0.15) is 29.8 Å². The topological polar surface area (TPSA) is 72.5 Å².